The predicted octanol–water partition coefficient (Wildman–Crippen LogP) is 3.57. The minimum atomic E-state index is -4.35. The van der Waals surface area contributed by atoms with Crippen molar-refractivity contribution in [2.45, 2.75) is 19.3 Å². The van der Waals surface area contributed by atoms with Crippen molar-refractivity contribution in [3.8, 4) is 5.75 Å². The van der Waals surface area contributed by atoms with E-state index in [0.29, 0.717) is 16.9 Å². The summed E-state index contributed by atoms with van der Waals surface area (Å²) in [6.45, 7) is -1.44. The maximum atomic E-state index is 12.1. The molecule has 1 aromatic heterocycles. The third-order valence-electron chi connectivity index (χ3n) is 4.01. The average molecular weight is 421 g/mol. The summed E-state index contributed by atoms with van der Waals surface area (Å²) in [5.74, 6) is 0.0254. The first-order valence-electron chi connectivity index (χ1n) is 8.94. The molecule has 0 saturated heterocycles. The normalized spacial score (nSPS) is 11.4. The summed E-state index contributed by atoms with van der Waals surface area (Å²) in [4.78, 5) is 23.2. The molecule has 1 N–H and O–H groups in total. The van der Waals surface area contributed by atoms with Gasteiger partial charge < -0.3 is 19.2 Å². The number of fused-ring (bicyclic) bond motifs is 1. The molecular formula is C21H18F3NO5. The van der Waals surface area contributed by atoms with Gasteiger partial charge in [-0.15, -0.1) is 0 Å². The molecule has 3 rings (SSSR count). The number of alkyl halides is 3. The van der Waals surface area contributed by atoms with Crippen LogP contribution in [0.5, 0.6) is 5.75 Å². The van der Waals surface area contributed by atoms with Gasteiger partial charge in [0.1, 0.15) is 17.9 Å². The van der Waals surface area contributed by atoms with E-state index < -0.39 is 18.4 Å². The van der Waals surface area contributed by atoms with Gasteiger partial charge in [0.15, 0.2) is 6.61 Å². The fourth-order valence-corrected chi connectivity index (χ4v) is 2.57. The van der Waals surface area contributed by atoms with E-state index in [-0.39, 0.29) is 25.7 Å². The van der Waals surface area contributed by atoms with E-state index in [0.717, 1.165) is 10.9 Å². The average Bonchev–Trinajstić information content (AvgIpc) is 2.70. The molecule has 0 aliphatic rings. The van der Waals surface area contributed by atoms with Crippen molar-refractivity contribution in [2.75, 3.05) is 13.2 Å². The summed E-state index contributed by atoms with van der Waals surface area (Å²) in [6, 6.07) is 14.5. The van der Waals surface area contributed by atoms with E-state index in [2.05, 4.69) is 10.1 Å². The van der Waals surface area contributed by atoms with Crippen LogP contribution in [0.25, 0.3) is 11.0 Å². The number of amides is 1. The van der Waals surface area contributed by atoms with E-state index in [1.807, 2.05) is 0 Å². The summed E-state index contributed by atoms with van der Waals surface area (Å²) in [5.41, 5.74) is 1.26. The summed E-state index contributed by atoms with van der Waals surface area (Å²) >= 11 is 0. The quantitative estimate of drug-likeness (QED) is 0.563. The maximum Gasteiger partial charge on any atom is 0.411 e. The number of carbonyl (C=O) groups excluding carboxylic acids is 1. The number of ether oxygens (including phenoxy) is 2. The van der Waals surface area contributed by atoms with Crippen molar-refractivity contribution in [2.24, 2.45) is 0 Å². The lowest BCUT2D eigenvalue weighted by atomic mass is 10.1. The van der Waals surface area contributed by atoms with Crippen LogP contribution in [0.3, 0.4) is 0 Å². The molecular weight excluding hydrogens is 403 g/mol. The van der Waals surface area contributed by atoms with E-state index >= 15 is 0 Å². The van der Waals surface area contributed by atoms with Crippen molar-refractivity contribution in [3.05, 3.63) is 76.1 Å². The van der Waals surface area contributed by atoms with Gasteiger partial charge in [-0.1, -0.05) is 24.3 Å². The number of benzene rings is 2. The highest BCUT2D eigenvalue weighted by atomic mass is 19.4. The minimum Gasteiger partial charge on any atom is -0.484 e. The highest BCUT2D eigenvalue weighted by Crippen LogP contribution is 2.19. The Kier molecular flexibility index (Phi) is 6.73. The standard InChI is InChI=1S/C21H18F3NO5/c22-21(23,24)13-28-11-15-3-1-14(2-4-15)10-25-19(26)12-29-17-7-5-16-6-8-20(27)30-18(16)9-17/h1-9H,10-13H2,(H,25,26). The van der Waals surface area contributed by atoms with E-state index in [1.54, 1.807) is 42.5 Å². The van der Waals surface area contributed by atoms with Gasteiger partial charge in [-0.05, 0) is 29.3 Å². The molecule has 0 fully saturated rings. The van der Waals surface area contributed by atoms with Crippen LogP contribution in [0.2, 0.25) is 0 Å². The van der Waals surface area contributed by atoms with Gasteiger partial charge in [-0.3, -0.25) is 4.79 Å². The molecule has 0 radical (unpaired) electrons. The van der Waals surface area contributed by atoms with Gasteiger partial charge >= 0.3 is 11.8 Å². The number of halogens is 3. The third kappa shape index (κ3) is 6.63. The second-order valence-corrected chi connectivity index (χ2v) is 6.44. The molecule has 1 heterocycles. The monoisotopic (exact) mass is 421 g/mol. The van der Waals surface area contributed by atoms with Gasteiger partial charge in [0.25, 0.3) is 5.91 Å². The lowest BCUT2D eigenvalue weighted by Crippen LogP contribution is -2.28. The molecule has 158 valence electrons. The Bertz CT molecular complexity index is 1060. The molecule has 0 aliphatic carbocycles. The van der Waals surface area contributed by atoms with Crippen molar-refractivity contribution < 1.29 is 31.9 Å². The van der Waals surface area contributed by atoms with Crippen LogP contribution < -0.4 is 15.7 Å². The lowest BCUT2D eigenvalue weighted by Gasteiger charge is -2.09. The molecule has 6 nitrogen and oxygen atoms in total. The van der Waals surface area contributed by atoms with Gasteiger partial charge in [-0.25, -0.2) is 4.79 Å². The summed E-state index contributed by atoms with van der Waals surface area (Å²) in [6.07, 6.45) is -4.35. The van der Waals surface area contributed by atoms with Gasteiger partial charge in [0.2, 0.25) is 0 Å². The van der Waals surface area contributed by atoms with Crippen molar-refractivity contribution in [1.82, 2.24) is 5.32 Å². The molecule has 0 atom stereocenters. The Labute approximate surface area is 169 Å². The summed E-state index contributed by atoms with van der Waals surface area (Å²) in [5, 5.41) is 3.42. The molecule has 3 aromatic rings. The Morgan fingerprint density at radius 3 is 2.43 bits per heavy atom. The number of carbonyl (C=O) groups is 1. The zero-order valence-corrected chi connectivity index (χ0v) is 15.7. The number of hydrogen-bond acceptors (Lipinski definition) is 5. The second kappa shape index (κ2) is 9.45. The zero-order valence-electron chi connectivity index (χ0n) is 15.7. The van der Waals surface area contributed by atoms with Gasteiger partial charge in [0, 0.05) is 24.1 Å². The molecule has 0 unspecified atom stereocenters. The van der Waals surface area contributed by atoms with Crippen LogP contribution in [-0.2, 0) is 22.7 Å². The highest BCUT2D eigenvalue weighted by molar-refractivity contribution is 5.79. The smallest absolute Gasteiger partial charge is 0.411 e. The van der Waals surface area contributed by atoms with Crippen LogP contribution in [0.1, 0.15) is 11.1 Å². The van der Waals surface area contributed by atoms with Crippen LogP contribution >= 0.6 is 0 Å². The zero-order chi connectivity index (χ0) is 21.6. The Balaban J connectivity index is 1.44. The largest absolute Gasteiger partial charge is 0.484 e. The molecule has 30 heavy (non-hydrogen) atoms. The number of nitrogens with one attached hydrogen (secondary N) is 1. The topological polar surface area (TPSA) is 77.8 Å². The SMILES string of the molecule is O=C(COc1ccc2ccc(=O)oc2c1)NCc1ccc(COCC(F)(F)F)cc1. The molecule has 0 aliphatic heterocycles. The van der Waals surface area contributed by atoms with E-state index in [4.69, 9.17) is 9.15 Å². The van der Waals surface area contributed by atoms with Crippen LogP contribution in [0.4, 0.5) is 13.2 Å². The first kappa shape index (κ1) is 21.4. The van der Waals surface area contributed by atoms with Crippen LogP contribution in [-0.4, -0.2) is 25.3 Å². The van der Waals surface area contributed by atoms with Crippen LogP contribution in [0.15, 0.2) is 63.8 Å². The third-order valence-corrected chi connectivity index (χ3v) is 4.01. The number of hydrogen-bond donors (Lipinski definition) is 1. The Morgan fingerprint density at radius 2 is 1.70 bits per heavy atom. The van der Waals surface area contributed by atoms with Gasteiger partial charge in [0.05, 0.1) is 6.61 Å². The molecule has 0 saturated carbocycles. The van der Waals surface area contributed by atoms with E-state index in [1.165, 1.54) is 12.1 Å². The second-order valence-electron chi connectivity index (χ2n) is 6.44. The minimum absolute atomic E-state index is 0.147. The van der Waals surface area contributed by atoms with Crippen molar-refractivity contribution >= 4 is 16.9 Å². The summed E-state index contributed by atoms with van der Waals surface area (Å²) < 4.78 is 51.3. The van der Waals surface area contributed by atoms with Crippen LogP contribution in [0, 0.1) is 0 Å². The van der Waals surface area contributed by atoms with Crippen molar-refractivity contribution in [1.29, 1.82) is 0 Å². The highest BCUT2D eigenvalue weighted by Gasteiger charge is 2.27. The lowest BCUT2D eigenvalue weighted by molar-refractivity contribution is -0.176. The van der Waals surface area contributed by atoms with Gasteiger partial charge in [-0.2, -0.15) is 13.2 Å². The first-order valence-corrected chi connectivity index (χ1v) is 8.94. The number of rotatable bonds is 8. The Hall–Kier alpha value is -3.33. The van der Waals surface area contributed by atoms with Crippen molar-refractivity contribution in [3.63, 3.8) is 0 Å². The predicted molar refractivity (Wildman–Crippen MR) is 102 cm³/mol. The fraction of sp³-hybridized carbons (Fsp3) is 0.238. The maximum absolute atomic E-state index is 12.1. The molecule has 2 aromatic carbocycles. The van der Waals surface area contributed by atoms with E-state index in [9.17, 15) is 22.8 Å². The fourth-order valence-electron chi connectivity index (χ4n) is 2.57. The molecule has 0 bridgehead atoms. The molecule has 1 amide bonds. The first-order chi connectivity index (χ1) is 14.3. The molecule has 0 spiro atoms. The Morgan fingerprint density at radius 1 is 1.00 bits per heavy atom. The summed E-state index contributed by atoms with van der Waals surface area (Å²) in [7, 11) is 0. The molecule has 9 heteroatoms.